The molecule has 2 aliphatic rings. The highest BCUT2D eigenvalue weighted by molar-refractivity contribution is 5.95. The quantitative estimate of drug-likeness (QED) is 0.427. The first-order valence-corrected chi connectivity index (χ1v) is 12.5. The third kappa shape index (κ3) is 5.19. The van der Waals surface area contributed by atoms with E-state index in [1.54, 1.807) is 0 Å². The van der Waals surface area contributed by atoms with E-state index in [2.05, 4.69) is 74.5 Å². The second-order valence-corrected chi connectivity index (χ2v) is 9.28. The Bertz CT molecular complexity index is 1240. The van der Waals surface area contributed by atoms with Gasteiger partial charge in [0, 0.05) is 24.1 Å². The number of aryl methyl sites for hydroxylation is 1. The summed E-state index contributed by atoms with van der Waals surface area (Å²) in [6.45, 7) is 5.60. The molecule has 0 saturated carbocycles. The molecule has 4 nitrogen and oxygen atoms in total. The van der Waals surface area contributed by atoms with Crippen molar-refractivity contribution in [2.75, 3.05) is 13.2 Å². The van der Waals surface area contributed by atoms with Gasteiger partial charge in [0.2, 0.25) is 0 Å². The Morgan fingerprint density at radius 3 is 2.63 bits per heavy atom. The standard InChI is InChI=1S/C31H33NO3/c1-21-11-16-28-27(19-21)22(2)30(31(35-28)24-14-12-23(13-15-24)7-6-17-32)25-8-5-9-26(20-25)34-29-10-3-4-18-33-29/h5-9,11-16,19-20,29,31H,3-4,10,17-18,32H2,1-2H3/b7-6-. The summed E-state index contributed by atoms with van der Waals surface area (Å²) < 4.78 is 18.7. The highest BCUT2D eigenvalue weighted by atomic mass is 16.7. The molecule has 2 unspecified atom stereocenters. The minimum atomic E-state index is -0.223. The van der Waals surface area contributed by atoms with E-state index in [4.69, 9.17) is 19.9 Å². The van der Waals surface area contributed by atoms with Crippen LogP contribution in [0.2, 0.25) is 0 Å². The molecule has 2 heterocycles. The number of benzene rings is 3. The predicted octanol–water partition coefficient (Wildman–Crippen LogP) is 6.94. The summed E-state index contributed by atoms with van der Waals surface area (Å²) in [7, 11) is 0. The van der Waals surface area contributed by atoms with Crippen LogP contribution in [0.25, 0.3) is 17.2 Å². The molecule has 0 spiro atoms. The van der Waals surface area contributed by atoms with E-state index in [1.807, 2.05) is 18.2 Å². The molecule has 0 aliphatic carbocycles. The van der Waals surface area contributed by atoms with Gasteiger partial charge in [-0.1, -0.05) is 60.2 Å². The Morgan fingerprint density at radius 2 is 1.86 bits per heavy atom. The first-order valence-electron chi connectivity index (χ1n) is 12.5. The second-order valence-electron chi connectivity index (χ2n) is 9.28. The van der Waals surface area contributed by atoms with Crippen molar-refractivity contribution in [1.29, 1.82) is 0 Å². The van der Waals surface area contributed by atoms with Crippen molar-refractivity contribution in [1.82, 2.24) is 0 Å². The molecule has 2 N–H and O–H groups in total. The van der Waals surface area contributed by atoms with Gasteiger partial charge in [-0.25, -0.2) is 0 Å². The number of fused-ring (bicyclic) bond motifs is 1. The smallest absolute Gasteiger partial charge is 0.199 e. The van der Waals surface area contributed by atoms with Crippen LogP contribution in [0.4, 0.5) is 0 Å². The zero-order valence-corrected chi connectivity index (χ0v) is 20.5. The highest BCUT2D eigenvalue weighted by Crippen LogP contribution is 2.47. The molecule has 1 fully saturated rings. The van der Waals surface area contributed by atoms with E-state index in [9.17, 15) is 0 Å². The van der Waals surface area contributed by atoms with Gasteiger partial charge in [-0.3, -0.25) is 0 Å². The van der Waals surface area contributed by atoms with Crippen LogP contribution in [0.15, 0.2) is 72.8 Å². The average Bonchev–Trinajstić information content (AvgIpc) is 2.89. The van der Waals surface area contributed by atoms with Gasteiger partial charge >= 0.3 is 0 Å². The van der Waals surface area contributed by atoms with E-state index in [0.29, 0.717) is 6.54 Å². The molecule has 0 aromatic heterocycles. The van der Waals surface area contributed by atoms with Crippen molar-refractivity contribution in [3.63, 3.8) is 0 Å². The van der Waals surface area contributed by atoms with E-state index in [1.165, 1.54) is 11.1 Å². The topological polar surface area (TPSA) is 53.7 Å². The van der Waals surface area contributed by atoms with Crippen LogP contribution in [-0.2, 0) is 4.74 Å². The van der Waals surface area contributed by atoms with Crippen molar-refractivity contribution < 1.29 is 14.2 Å². The van der Waals surface area contributed by atoms with E-state index >= 15 is 0 Å². The normalized spacial score (nSPS) is 20.0. The molecule has 2 aliphatic heterocycles. The van der Waals surface area contributed by atoms with Crippen LogP contribution in [0.3, 0.4) is 0 Å². The average molecular weight is 468 g/mol. The Labute approximate surface area is 208 Å². The zero-order valence-electron chi connectivity index (χ0n) is 20.5. The maximum atomic E-state index is 6.66. The molecule has 3 aromatic rings. The maximum absolute atomic E-state index is 6.66. The monoisotopic (exact) mass is 467 g/mol. The van der Waals surface area contributed by atoms with Crippen LogP contribution in [0.5, 0.6) is 11.5 Å². The number of hydrogen-bond donors (Lipinski definition) is 1. The highest BCUT2D eigenvalue weighted by Gasteiger charge is 2.29. The van der Waals surface area contributed by atoms with Crippen LogP contribution in [-0.4, -0.2) is 19.4 Å². The first-order chi connectivity index (χ1) is 17.1. The van der Waals surface area contributed by atoms with Gasteiger partial charge in [-0.05, 0) is 73.2 Å². The summed E-state index contributed by atoms with van der Waals surface area (Å²) in [4.78, 5) is 0. The van der Waals surface area contributed by atoms with Crippen LogP contribution >= 0.6 is 0 Å². The summed E-state index contributed by atoms with van der Waals surface area (Å²) >= 11 is 0. The lowest BCUT2D eigenvalue weighted by Crippen LogP contribution is -2.25. The largest absolute Gasteiger partial charge is 0.480 e. The lowest BCUT2D eigenvalue weighted by Gasteiger charge is -2.31. The lowest BCUT2D eigenvalue weighted by molar-refractivity contribution is -0.105. The van der Waals surface area contributed by atoms with Gasteiger partial charge in [0.15, 0.2) is 6.29 Å². The Hall–Kier alpha value is -3.34. The molecule has 5 rings (SSSR count). The fourth-order valence-electron chi connectivity index (χ4n) is 4.85. The van der Waals surface area contributed by atoms with E-state index in [-0.39, 0.29) is 12.4 Å². The Morgan fingerprint density at radius 1 is 1.00 bits per heavy atom. The summed E-state index contributed by atoms with van der Waals surface area (Å²) in [6.07, 6.45) is 6.77. The second kappa shape index (κ2) is 10.5. The molecular weight excluding hydrogens is 434 g/mol. The molecule has 0 amide bonds. The molecule has 3 aromatic carbocycles. The molecule has 2 atom stereocenters. The van der Waals surface area contributed by atoms with Crippen molar-refractivity contribution in [2.45, 2.75) is 45.5 Å². The SMILES string of the molecule is CC1=C(c2cccc(OC3CCCCO3)c2)C(c2ccc(/C=C\CN)cc2)Oc2ccc(C)cc21. The molecule has 4 heteroatoms. The fraction of sp³-hybridized carbons (Fsp3) is 0.290. The number of nitrogens with two attached hydrogens (primary N) is 1. The number of hydrogen-bond acceptors (Lipinski definition) is 4. The van der Waals surface area contributed by atoms with Crippen molar-refractivity contribution in [3.05, 3.63) is 101 Å². The Balaban J connectivity index is 1.55. The van der Waals surface area contributed by atoms with Gasteiger partial charge in [0.25, 0.3) is 0 Å². The van der Waals surface area contributed by atoms with Crippen LogP contribution < -0.4 is 15.2 Å². The molecule has 0 bridgehead atoms. The number of ether oxygens (including phenoxy) is 3. The molecular formula is C31H33NO3. The summed E-state index contributed by atoms with van der Waals surface area (Å²) in [5, 5.41) is 0. The van der Waals surface area contributed by atoms with Gasteiger partial charge < -0.3 is 19.9 Å². The minimum Gasteiger partial charge on any atom is -0.480 e. The van der Waals surface area contributed by atoms with E-state index in [0.717, 1.165) is 65.2 Å². The molecule has 1 saturated heterocycles. The van der Waals surface area contributed by atoms with Crippen LogP contribution in [0, 0.1) is 6.92 Å². The minimum absolute atomic E-state index is 0.176. The van der Waals surface area contributed by atoms with Gasteiger partial charge in [-0.15, -0.1) is 0 Å². The molecule has 35 heavy (non-hydrogen) atoms. The van der Waals surface area contributed by atoms with Crippen molar-refractivity contribution in [3.8, 4) is 11.5 Å². The maximum Gasteiger partial charge on any atom is 0.199 e. The first kappa shape index (κ1) is 23.4. The van der Waals surface area contributed by atoms with Gasteiger partial charge in [-0.2, -0.15) is 0 Å². The predicted molar refractivity (Wildman–Crippen MR) is 142 cm³/mol. The molecule has 0 radical (unpaired) electrons. The van der Waals surface area contributed by atoms with Crippen LogP contribution in [0.1, 0.15) is 60.1 Å². The molecule has 180 valence electrons. The Kier molecular flexibility index (Phi) is 7.03. The lowest BCUT2D eigenvalue weighted by atomic mass is 9.85. The number of allylic oxidation sites excluding steroid dienone is 1. The summed E-state index contributed by atoms with van der Waals surface area (Å²) in [6, 6.07) is 23.2. The third-order valence-corrected chi connectivity index (χ3v) is 6.69. The summed E-state index contributed by atoms with van der Waals surface area (Å²) in [5.74, 6) is 1.74. The number of rotatable bonds is 6. The van der Waals surface area contributed by atoms with Gasteiger partial charge in [0.05, 0.1) is 6.61 Å². The summed E-state index contributed by atoms with van der Waals surface area (Å²) in [5.41, 5.74) is 13.7. The zero-order chi connectivity index (χ0) is 24.2. The van der Waals surface area contributed by atoms with Crippen molar-refractivity contribution >= 4 is 17.2 Å². The third-order valence-electron chi connectivity index (χ3n) is 6.69. The fourth-order valence-corrected chi connectivity index (χ4v) is 4.85. The van der Waals surface area contributed by atoms with Gasteiger partial charge in [0.1, 0.15) is 17.6 Å². The van der Waals surface area contributed by atoms with Crippen molar-refractivity contribution in [2.24, 2.45) is 5.73 Å². The van der Waals surface area contributed by atoms with E-state index < -0.39 is 0 Å².